The Morgan fingerprint density at radius 1 is 1.38 bits per heavy atom. The minimum absolute atomic E-state index is 0.0453. The van der Waals surface area contributed by atoms with Crippen LogP contribution in [0.1, 0.15) is 31.8 Å². The summed E-state index contributed by atoms with van der Waals surface area (Å²) in [5.41, 5.74) is 0.401. The van der Waals surface area contributed by atoms with Crippen molar-refractivity contribution < 1.29 is 9.32 Å². The lowest BCUT2D eigenvalue weighted by Gasteiger charge is -2.10. The molecule has 2 rings (SSSR count). The van der Waals surface area contributed by atoms with Crippen LogP contribution < -0.4 is 10.9 Å². The van der Waals surface area contributed by atoms with Crippen molar-refractivity contribution in [2.45, 2.75) is 40.7 Å². The van der Waals surface area contributed by atoms with Crippen LogP contribution >= 0.6 is 0 Å². The van der Waals surface area contributed by atoms with E-state index in [1.54, 1.807) is 13.8 Å². The largest absolute Gasteiger partial charge is 0.355 e. The first-order chi connectivity index (χ1) is 9.90. The number of fused-ring (bicyclic) bond motifs is 1. The van der Waals surface area contributed by atoms with Gasteiger partial charge in [-0.05, 0) is 26.2 Å². The van der Waals surface area contributed by atoms with Gasteiger partial charge in [-0.3, -0.25) is 14.2 Å². The number of nitrogens with one attached hydrogen (secondary N) is 1. The molecular formula is C14H20N4O3. The Labute approximate surface area is 122 Å². The molecule has 0 spiro atoms. The lowest BCUT2D eigenvalue weighted by atomic mass is 10.1. The number of aromatic nitrogens is 3. The van der Waals surface area contributed by atoms with Gasteiger partial charge in [0, 0.05) is 6.54 Å². The van der Waals surface area contributed by atoms with Gasteiger partial charge in [0.2, 0.25) is 5.91 Å². The highest BCUT2D eigenvalue weighted by Gasteiger charge is 2.16. The molecule has 2 heterocycles. The molecule has 7 heteroatoms. The molecule has 0 saturated carbocycles. The highest BCUT2D eigenvalue weighted by molar-refractivity contribution is 5.77. The van der Waals surface area contributed by atoms with Crippen molar-refractivity contribution in [3.63, 3.8) is 0 Å². The van der Waals surface area contributed by atoms with Crippen molar-refractivity contribution >= 4 is 17.0 Å². The standard InChI is InChI=1S/C14H20N4O3/c1-8(2)5-6-15-11(19)7-18-10(4)16-13-12(14(18)20)9(3)17-21-13/h8H,5-7H2,1-4H3,(H,15,19). The third-order valence-corrected chi connectivity index (χ3v) is 3.30. The maximum absolute atomic E-state index is 12.4. The average Bonchev–Trinajstić information content (AvgIpc) is 2.75. The Morgan fingerprint density at radius 2 is 2.10 bits per heavy atom. The molecule has 0 bridgehead atoms. The first kappa shape index (κ1) is 15.2. The Kier molecular flexibility index (Phi) is 4.40. The number of nitrogens with zero attached hydrogens (tertiary/aromatic N) is 3. The van der Waals surface area contributed by atoms with Crippen molar-refractivity contribution in [3.8, 4) is 0 Å². The normalized spacial score (nSPS) is 11.3. The number of carbonyl (C=O) groups excluding carboxylic acids is 1. The zero-order valence-electron chi connectivity index (χ0n) is 12.8. The van der Waals surface area contributed by atoms with Crippen LogP contribution in [-0.2, 0) is 11.3 Å². The fourth-order valence-corrected chi connectivity index (χ4v) is 2.06. The van der Waals surface area contributed by atoms with Crippen LogP contribution in [-0.4, -0.2) is 27.2 Å². The smallest absolute Gasteiger partial charge is 0.267 e. The summed E-state index contributed by atoms with van der Waals surface area (Å²) in [4.78, 5) is 28.5. The van der Waals surface area contributed by atoms with Crippen LogP contribution in [0.4, 0.5) is 0 Å². The van der Waals surface area contributed by atoms with Crippen molar-refractivity contribution in [3.05, 3.63) is 21.9 Å². The molecule has 2 aromatic heterocycles. The predicted molar refractivity (Wildman–Crippen MR) is 78.0 cm³/mol. The van der Waals surface area contributed by atoms with Gasteiger partial charge in [0.15, 0.2) is 0 Å². The molecule has 0 unspecified atom stereocenters. The van der Waals surface area contributed by atoms with Crippen LogP contribution in [0.25, 0.3) is 11.1 Å². The zero-order chi connectivity index (χ0) is 15.6. The Morgan fingerprint density at radius 3 is 2.76 bits per heavy atom. The van der Waals surface area contributed by atoms with Gasteiger partial charge in [-0.1, -0.05) is 19.0 Å². The Bertz CT molecular complexity index is 715. The summed E-state index contributed by atoms with van der Waals surface area (Å²) in [5, 5.41) is 6.87. The van der Waals surface area contributed by atoms with Crippen molar-refractivity contribution in [1.82, 2.24) is 20.0 Å². The second-order valence-corrected chi connectivity index (χ2v) is 5.53. The van der Waals surface area contributed by atoms with Gasteiger partial charge in [-0.15, -0.1) is 0 Å². The average molecular weight is 292 g/mol. The van der Waals surface area contributed by atoms with E-state index in [-0.39, 0.29) is 23.7 Å². The minimum Gasteiger partial charge on any atom is -0.355 e. The van der Waals surface area contributed by atoms with Crippen LogP contribution in [0.2, 0.25) is 0 Å². The molecule has 1 amide bonds. The lowest BCUT2D eigenvalue weighted by molar-refractivity contribution is -0.121. The molecule has 2 aromatic rings. The molecule has 0 fully saturated rings. The van der Waals surface area contributed by atoms with Gasteiger partial charge in [0.1, 0.15) is 17.8 Å². The van der Waals surface area contributed by atoms with Crippen molar-refractivity contribution in [2.24, 2.45) is 5.92 Å². The van der Waals surface area contributed by atoms with E-state index < -0.39 is 0 Å². The maximum Gasteiger partial charge on any atom is 0.267 e. The highest BCUT2D eigenvalue weighted by Crippen LogP contribution is 2.11. The van der Waals surface area contributed by atoms with Gasteiger partial charge in [0.25, 0.3) is 11.3 Å². The Balaban J connectivity index is 2.20. The fraction of sp³-hybridized carbons (Fsp3) is 0.571. The molecule has 0 aromatic carbocycles. The van der Waals surface area contributed by atoms with E-state index in [2.05, 4.69) is 29.3 Å². The number of carbonyl (C=O) groups is 1. The predicted octanol–water partition coefficient (Wildman–Crippen LogP) is 1.16. The summed E-state index contributed by atoms with van der Waals surface area (Å²) in [7, 11) is 0. The number of hydrogen-bond donors (Lipinski definition) is 1. The molecule has 0 atom stereocenters. The van der Waals surface area contributed by atoms with Crippen LogP contribution in [0.3, 0.4) is 0 Å². The number of aryl methyl sites for hydroxylation is 2. The summed E-state index contributed by atoms with van der Waals surface area (Å²) < 4.78 is 6.33. The van der Waals surface area contributed by atoms with Crippen molar-refractivity contribution in [2.75, 3.05) is 6.54 Å². The van der Waals surface area contributed by atoms with Gasteiger partial charge < -0.3 is 9.84 Å². The summed E-state index contributed by atoms with van der Waals surface area (Å²) >= 11 is 0. The lowest BCUT2D eigenvalue weighted by Crippen LogP contribution is -2.34. The maximum atomic E-state index is 12.4. The van der Waals surface area contributed by atoms with Crippen molar-refractivity contribution in [1.29, 1.82) is 0 Å². The minimum atomic E-state index is -0.296. The van der Waals surface area contributed by atoms with E-state index >= 15 is 0 Å². The molecule has 0 aliphatic rings. The first-order valence-electron chi connectivity index (χ1n) is 7.00. The van der Waals surface area contributed by atoms with Gasteiger partial charge in [-0.2, -0.15) is 4.98 Å². The zero-order valence-corrected chi connectivity index (χ0v) is 12.8. The number of rotatable bonds is 5. The number of hydrogen-bond acceptors (Lipinski definition) is 5. The van der Waals surface area contributed by atoms with E-state index in [4.69, 9.17) is 4.52 Å². The van der Waals surface area contributed by atoms with Crippen LogP contribution in [0.15, 0.2) is 9.32 Å². The van der Waals surface area contributed by atoms with Gasteiger partial charge in [-0.25, -0.2) is 0 Å². The second kappa shape index (κ2) is 6.07. The fourth-order valence-electron chi connectivity index (χ4n) is 2.06. The summed E-state index contributed by atoms with van der Waals surface area (Å²) in [6, 6.07) is 0. The molecule has 0 aliphatic carbocycles. The van der Waals surface area contributed by atoms with Gasteiger partial charge >= 0.3 is 0 Å². The molecule has 21 heavy (non-hydrogen) atoms. The molecule has 0 aliphatic heterocycles. The summed E-state index contributed by atoms with van der Waals surface area (Å²) in [6.07, 6.45) is 0.904. The van der Waals surface area contributed by atoms with E-state index in [9.17, 15) is 9.59 Å². The molecule has 0 saturated heterocycles. The third kappa shape index (κ3) is 3.29. The van der Waals surface area contributed by atoms with E-state index in [0.717, 1.165) is 6.42 Å². The van der Waals surface area contributed by atoms with Crippen LogP contribution in [0, 0.1) is 19.8 Å². The SMILES string of the molecule is Cc1noc2nc(C)n(CC(=O)NCCC(C)C)c(=O)c12. The monoisotopic (exact) mass is 292 g/mol. The molecule has 1 N–H and O–H groups in total. The second-order valence-electron chi connectivity index (χ2n) is 5.53. The molecule has 0 radical (unpaired) electrons. The topological polar surface area (TPSA) is 90.0 Å². The van der Waals surface area contributed by atoms with Crippen LogP contribution in [0.5, 0.6) is 0 Å². The first-order valence-corrected chi connectivity index (χ1v) is 7.00. The molecule has 7 nitrogen and oxygen atoms in total. The molecular weight excluding hydrogens is 272 g/mol. The third-order valence-electron chi connectivity index (χ3n) is 3.30. The number of amides is 1. The van der Waals surface area contributed by atoms with Gasteiger partial charge in [0.05, 0.1) is 5.69 Å². The van der Waals surface area contributed by atoms with E-state index in [0.29, 0.717) is 29.4 Å². The Hall–Kier alpha value is -2.18. The molecule has 114 valence electrons. The summed E-state index contributed by atoms with van der Waals surface area (Å²) in [5.74, 6) is 0.756. The summed E-state index contributed by atoms with van der Waals surface area (Å²) in [6.45, 7) is 8.08. The highest BCUT2D eigenvalue weighted by atomic mass is 16.5. The van der Waals surface area contributed by atoms with E-state index in [1.807, 2.05) is 0 Å². The van der Waals surface area contributed by atoms with E-state index in [1.165, 1.54) is 4.57 Å². The quantitative estimate of drug-likeness (QED) is 0.893.